The fourth-order valence-corrected chi connectivity index (χ4v) is 3.32. The molecule has 1 aliphatic rings. The fraction of sp³-hybridized carbons (Fsp3) is 0.929. The first-order valence-corrected chi connectivity index (χ1v) is 8.99. The smallest absolute Gasteiger partial charge is 0.241 e. The van der Waals surface area contributed by atoms with Gasteiger partial charge in [0.1, 0.15) is 0 Å². The lowest BCUT2D eigenvalue weighted by Crippen LogP contribution is -2.43. The molecule has 5 heteroatoms. The monoisotopic (exact) mass is 288 g/mol. The van der Waals surface area contributed by atoms with Gasteiger partial charge in [-0.05, 0) is 25.7 Å². The topological polar surface area (TPSA) is 49.4 Å². The Hall–Kier alpha value is -0.420. The van der Waals surface area contributed by atoms with Crippen molar-refractivity contribution in [1.82, 2.24) is 10.2 Å². The Balaban J connectivity index is 2.75. The number of rotatable bonds is 7. The highest BCUT2D eigenvalue weighted by Gasteiger charge is 2.41. The summed E-state index contributed by atoms with van der Waals surface area (Å²) in [7, 11) is -0.788. The van der Waals surface area contributed by atoms with Crippen LogP contribution in [-0.2, 0) is 15.6 Å². The molecule has 1 aliphatic heterocycles. The molecule has 0 aromatic heterocycles. The van der Waals surface area contributed by atoms with E-state index in [1.807, 2.05) is 4.90 Å². The van der Waals surface area contributed by atoms with E-state index >= 15 is 0 Å². The van der Waals surface area contributed by atoms with Gasteiger partial charge in [0.15, 0.2) is 0 Å². The summed E-state index contributed by atoms with van der Waals surface area (Å²) < 4.78 is 11.2. The van der Waals surface area contributed by atoms with E-state index in [9.17, 15) is 9.00 Å². The minimum absolute atomic E-state index is 0.0638. The summed E-state index contributed by atoms with van der Waals surface area (Å²) in [5.41, 5.74) is 0. The Morgan fingerprint density at radius 2 is 2.00 bits per heavy atom. The highest BCUT2D eigenvalue weighted by atomic mass is 32.2. The van der Waals surface area contributed by atoms with Crippen molar-refractivity contribution in [2.45, 2.75) is 65.2 Å². The highest BCUT2D eigenvalue weighted by Crippen LogP contribution is 2.23. The van der Waals surface area contributed by atoms with E-state index in [2.05, 4.69) is 33.0 Å². The van der Waals surface area contributed by atoms with E-state index in [0.29, 0.717) is 11.7 Å². The normalized spacial score (nSPS) is 27.1. The van der Waals surface area contributed by atoms with E-state index in [0.717, 1.165) is 19.3 Å². The van der Waals surface area contributed by atoms with E-state index in [-0.39, 0.29) is 24.2 Å². The van der Waals surface area contributed by atoms with Crippen LogP contribution in [0.1, 0.15) is 47.0 Å². The molecule has 0 spiro atoms. The first kappa shape index (κ1) is 16.6. The third-order valence-electron chi connectivity index (χ3n) is 3.75. The van der Waals surface area contributed by atoms with Gasteiger partial charge in [-0.2, -0.15) is 0 Å². The molecule has 4 atom stereocenters. The molecule has 0 saturated carbocycles. The maximum absolute atomic E-state index is 12.5. The zero-order valence-corrected chi connectivity index (χ0v) is 13.6. The summed E-state index contributed by atoms with van der Waals surface area (Å²) in [6.07, 6.45) is 4.71. The van der Waals surface area contributed by atoms with Gasteiger partial charge < -0.3 is 4.90 Å². The lowest BCUT2D eigenvalue weighted by molar-refractivity contribution is -0.132. The number of nitrogens with zero attached hydrogens (tertiary/aromatic N) is 1. The van der Waals surface area contributed by atoms with Gasteiger partial charge in [0.25, 0.3) is 0 Å². The van der Waals surface area contributed by atoms with Gasteiger partial charge in [-0.1, -0.05) is 27.2 Å². The van der Waals surface area contributed by atoms with Crippen LogP contribution in [0, 0.1) is 5.92 Å². The molecular weight excluding hydrogens is 260 g/mol. The minimum atomic E-state index is -0.788. The predicted octanol–water partition coefficient (Wildman–Crippen LogP) is 1.73. The number of carbonyl (C=O) groups excluding carboxylic acids is 1. The first-order valence-electron chi connectivity index (χ1n) is 7.26. The summed E-state index contributed by atoms with van der Waals surface area (Å²) in [5, 5.41) is 3.46. The second-order valence-electron chi connectivity index (χ2n) is 5.85. The Labute approximate surface area is 119 Å². The van der Waals surface area contributed by atoms with E-state index in [1.165, 1.54) is 0 Å². The van der Waals surface area contributed by atoms with Gasteiger partial charge in [0.05, 0.1) is 12.2 Å². The van der Waals surface area contributed by atoms with Crippen molar-refractivity contribution < 1.29 is 9.00 Å². The van der Waals surface area contributed by atoms with Gasteiger partial charge in [0, 0.05) is 28.9 Å². The van der Waals surface area contributed by atoms with Crippen molar-refractivity contribution in [3.63, 3.8) is 0 Å². The van der Waals surface area contributed by atoms with Crippen molar-refractivity contribution in [3.05, 3.63) is 0 Å². The summed E-state index contributed by atoms with van der Waals surface area (Å²) in [6, 6.07) is 0.0929. The Morgan fingerprint density at radius 3 is 2.47 bits per heavy atom. The van der Waals surface area contributed by atoms with Crippen molar-refractivity contribution in [3.8, 4) is 0 Å². The predicted molar refractivity (Wildman–Crippen MR) is 80.3 cm³/mol. The zero-order valence-electron chi connectivity index (χ0n) is 12.8. The molecule has 1 saturated heterocycles. The number of carbonyl (C=O) groups is 1. The molecule has 4 nitrogen and oxygen atoms in total. The molecular formula is C14H28N2O2S. The van der Waals surface area contributed by atoms with Crippen LogP contribution in [0.5, 0.6) is 0 Å². The van der Waals surface area contributed by atoms with Crippen LogP contribution in [0.2, 0.25) is 0 Å². The van der Waals surface area contributed by atoms with Crippen LogP contribution >= 0.6 is 0 Å². The van der Waals surface area contributed by atoms with Gasteiger partial charge >= 0.3 is 0 Å². The molecule has 4 unspecified atom stereocenters. The van der Waals surface area contributed by atoms with Gasteiger partial charge in [-0.25, -0.2) is 0 Å². The summed E-state index contributed by atoms with van der Waals surface area (Å²) >= 11 is 0. The minimum Gasteiger partial charge on any atom is -0.323 e. The van der Waals surface area contributed by atoms with Gasteiger partial charge in [-0.3, -0.25) is 14.3 Å². The lowest BCUT2D eigenvalue weighted by atomic mass is 10.0. The highest BCUT2D eigenvalue weighted by molar-refractivity contribution is 7.84. The SMILES string of the molecule is CCCC1NC(C(C)C)C(=O)N1C(C)CCS(C)=O. The molecule has 1 amide bonds. The van der Waals surface area contributed by atoms with E-state index in [1.54, 1.807) is 6.26 Å². The average molecular weight is 288 g/mol. The van der Waals surface area contributed by atoms with Crippen LogP contribution in [-0.4, -0.2) is 45.3 Å². The summed E-state index contributed by atoms with van der Waals surface area (Å²) in [6.45, 7) is 8.36. The van der Waals surface area contributed by atoms with E-state index < -0.39 is 10.8 Å². The molecule has 112 valence electrons. The Kier molecular flexibility index (Phi) is 6.47. The third kappa shape index (κ3) is 4.28. The van der Waals surface area contributed by atoms with Crippen LogP contribution in [0.15, 0.2) is 0 Å². The molecule has 1 heterocycles. The number of amides is 1. The van der Waals surface area contributed by atoms with Crippen LogP contribution in [0.25, 0.3) is 0 Å². The number of hydrogen-bond donors (Lipinski definition) is 1. The standard InChI is InChI=1S/C14H28N2O2S/c1-6-7-12-15-13(10(2)3)14(17)16(12)11(4)8-9-19(5)18/h10-13,15H,6-9H2,1-5H3. The zero-order chi connectivity index (χ0) is 14.6. The molecule has 1 fully saturated rings. The quantitative estimate of drug-likeness (QED) is 0.776. The third-order valence-corrected chi connectivity index (χ3v) is 4.57. The summed E-state index contributed by atoms with van der Waals surface area (Å²) in [4.78, 5) is 14.5. The molecule has 1 rings (SSSR count). The van der Waals surface area contributed by atoms with Crippen molar-refractivity contribution in [2.75, 3.05) is 12.0 Å². The van der Waals surface area contributed by atoms with Crippen LogP contribution < -0.4 is 5.32 Å². The Bertz CT molecular complexity index is 333. The number of nitrogens with one attached hydrogen (secondary N) is 1. The maximum Gasteiger partial charge on any atom is 0.241 e. The second kappa shape index (κ2) is 7.39. The van der Waals surface area contributed by atoms with Gasteiger partial charge in [0.2, 0.25) is 5.91 Å². The molecule has 0 aromatic rings. The molecule has 0 aromatic carbocycles. The molecule has 0 radical (unpaired) electrons. The van der Waals surface area contributed by atoms with E-state index in [4.69, 9.17) is 0 Å². The number of hydrogen-bond acceptors (Lipinski definition) is 3. The molecule has 0 bridgehead atoms. The molecule has 0 aliphatic carbocycles. The van der Waals surface area contributed by atoms with Crippen LogP contribution in [0.4, 0.5) is 0 Å². The van der Waals surface area contributed by atoms with Crippen molar-refractivity contribution >= 4 is 16.7 Å². The van der Waals surface area contributed by atoms with Crippen molar-refractivity contribution in [1.29, 1.82) is 0 Å². The first-order chi connectivity index (χ1) is 8.88. The Morgan fingerprint density at radius 1 is 1.37 bits per heavy atom. The second-order valence-corrected chi connectivity index (χ2v) is 7.41. The maximum atomic E-state index is 12.5. The fourth-order valence-electron chi connectivity index (χ4n) is 2.65. The van der Waals surface area contributed by atoms with Crippen molar-refractivity contribution in [2.24, 2.45) is 5.92 Å². The largest absolute Gasteiger partial charge is 0.323 e. The van der Waals surface area contributed by atoms with Gasteiger partial charge in [-0.15, -0.1) is 0 Å². The molecule has 19 heavy (non-hydrogen) atoms. The lowest BCUT2D eigenvalue weighted by Gasteiger charge is -2.30. The van der Waals surface area contributed by atoms with Crippen LogP contribution in [0.3, 0.4) is 0 Å². The summed E-state index contributed by atoms with van der Waals surface area (Å²) in [5.74, 6) is 1.18. The molecule has 1 N–H and O–H groups in total. The average Bonchev–Trinajstić information content (AvgIpc) is 2.64.